The standard InChI is InChI=1S/C22H31N5.ClH/c1-25(2)13-7-12-23-22-18-10-8-16(26(3)4)14-20(18)24-21-15-17(27(5)6)9-11-19(21)22;/h8-11,14-15H,7,12-13H2,1-6H3,(H,23,24);1H. The van der Waals surface area contributed by atoms with Gasteiger partial charge in [-0.3, -0.25) is 0 Å². The number of nitrogens with one attached hydrogen (secondary N) is 1. The topological polar surface area (TPSA) is 34.6 Å². The second-order valence-electron chi connectivity index (χ2n) is 7.76. The lowest BCUT2D eigenvalue weighted by molar-refractivity contribution is 0.405. The molecule has 2 aromatic carbocycles. The number of pyridine rings is 1. The minimum atomic E-state index is 0. The molecule has 3 aromatic rings. The molecule has 0 saturated carbocycles. The van der Waals surface area contributed by atoms with Gasteiger partial charge in [-0.2, -0.15) is 0 Å². The Hall–Kier alpha value is -2.24. The van der Waals surface area contributed by atoms with Gasteiger partial charge >= 0.3 is 0 Å². The molecule has 0 saturated heterocycles. The molecule has 0 spiro atoms. The molecule has 0 atom stereocenters. The van der Waals surface area contributed by atoms with Crippen LogP contribution in [0.5, 0.6) is 0 Å². The largest absolute Gasteiger partial charge is 0.384 e. The molecule has 0 aliphatic rings. The molecule has 0 fully saturated rings. The van der Waals surface area contributed by atoms with E-state index >= 15 is 0 Å². The number of hydrogen-bond donors (Lipinski definition) is 1. The molecule has 0 aliphatic carbocycles. The van der Waals surface area contributed by atoms with Gasteiger partial charge in [-0.05, 0) is 63.5 Å². The number of benzene rings is 2. The van der Waals surface area contributed by atoms with Crippen molar-refractivity contribution < 1.29 is 0 Å². The summed E-state index contributed by atoms with van der Waals surface area (Å²) in [5.41, 5.74) is 5.57. The van der Waals surface area contributed by atoms with Gasteiger partial charge in [-0.1, -0.05) is 0 Å². The number of fused-ring (bicyclic) bond motifs is 2. The number of hydrogen-bond acceptors (Lipinski definition) is 5. The van der Waals surface area contributed by atoms with Crippen molar-refractivity contribution >= 4 is 51.3 Å². The number of aromatic nitrogens is 1. The van der Waals surface area contributed by atoms with Gasteiger partial charge in [-0.25, -0.2) is 4.98 Å². The molecule has 5 nitrogen and oxygen atoms in total. The molecule has 152 valence electrons. The third-order valence-electron chi connectivity index (χ3n) is 4.86. The molecule has 3 rings (SSSR count). The molecular weight excluding hydrogens is 370 g/mol. The average Bonchev–Trinajstić information content (AvgIpc) is 2.62. The van der Waals surface area contributed by atoms with E-state index < -0.39 is 0 Å². The van der Waals surface area contributed by atoms with E-state index in [1.807, 2.05) is 0 Å². The fourth-order valence-corrected chi connectivity index (χ4v) is 3.28. The Morgan fingerprint density at radius 3 is 1.71 bits per heavy atom. The van der Waals surface area contributed by atoms with Crippen LogP contribution in [0.4, 0.5) is 17.1 Å². The minimum absolute atomic E-state index is 0. The van der Waals surface area contributed by atoms with E-state index in [0.29, 0.717) is 0 Å². The molecule has 6 heteroatoms. The molecule has 0 bridgehead atoms. The van der Waals surface area contributed by atoms with Gasteiger partial charge in [-0.15, -0.1) is 12.4 Å². The maximum atomic E-state index is 4.98. The zero-order chi connectivity index (χ0) is 19.6. The van der Waals surface area contributed by atoms with Crippen molar-refractivity contribution in [3.8, 4) is 0 Å². The Labute approximate surface area is 174 Å². The Kier molecular flexibility index (Phi) is 7.33. The first-order valence-corrected chi connectivity index (χ1v) is 9.47. The summed E-state index contributed by atoms with van der Waals surface area (Å²) in [4.78, 5) is 11.4. The minimum Gasteiger partial charge on any atom is -0.384 e. The zero-order valence-corrected chi connectivity index (χ0v) is 18.6. The van der Waals surface area contributed by atoms with E-state index in [-0.39, 0.29) is 12.4 Å². The number of halogens is 1. The lowest BCUT2D eigenvalue weighted by Gasteiger charge is -2.18. The monoisotopic (exact) mass is 401 g/mol. The smallest absolute Gasteiger partial charge is 0.0751 e. The average molecular weight is 402 g/mol. The first kappa shape index (κ1) is 22.1. The van der Waals surface area contributed by atoms with Gasteiger partial charge in [0.2, 0.25) is 0 Å². The molecule has 0 aliphatic heterocycles. The molecule has 1 aromatic heterocycles. The summed E-state index contributed by atoms with van der Waals surface area (Å²) in [5, 5.41) is 6.04. The van der Waals surface area contributed by atoms with Gasteiger partial charge in [0.05, 0.1) is 16.7 Å². The van der Waals surface area contributed by atoms with Gasteiger partial charge in [0.1, 0.15) is 0 Å². The first-order valence-electron chi connectivity index (χ1n) is 9.47. The van der Waals surface area contributed by atoms with E-state index in [4.69, 9.17) is 4.98 Å². The summed E-state index contributed by atoms with van der Waals surface area (Å²) >= 11 is 0. The summed E-state index contributed by atoms with van der Waals surface area (Å²) in [7, 11) is 12.5. The van der Waals surface area contributed by atoms with Crippen molar-refractivity contribution in [2.24, 2.45) is 0 Å². The quantitative estimate of drug-likeness (QED) is 0.471. The van der Waals surface area contributed by atoms with Crippen molar-refractivity contribution in [2.75, 3.05) is 70.5 Å². The zero-order valence-electron chi connectivity index (χ0n) is 17.8. The molecule has 1 heterocycles. The van der Waals surface area contributed by atoms with Crippen molar-refractivity contribution in [3.63, 3.8) is 0 Å². The number of anilines is 3. The molecule has 1 N–H and O–H groups in total. The third kappa shape index (κ3) is 4.78. The molecule has 0 unspecified atom stereocenters. The number of nitrogens with zero attached hydrogens (tertiary/aromatic N) is 4. The van der Waals surface area contributed by atoms with Gasteiger partial charge < -0.3 is 20.0 Å². The SMILES string of the molecule is CN(C)CCCNc1c2ccc(N(C)C)cc2nc2cc(N(C)C)ccc12.Cl. The van der Waals surface area contributed by atoms with E-state index in [0.717, 1.165) is 41.9 Å². The molecular formula is C22H32ClN5. The van der Waals surface area contributed by atoms with Crippen molar-refractivity contribution in [1.82, 2.24) is 9.88 Å². The van der Waals surface area contributed by atoms with Crippen molar-refractivity contribution in [2.45, 2.75) is 6.42 Å². The Bertz CT molecular complexity index is 871. The normalized spacial score (nSPS) is 11.0. The van der Waals surface area contributed by atoms with E-state index in [2.05, 4.69) is 98.7 Å². The van der Waals surface area contributed by atoms with Crippen LogP contribution in [0.15, 0.2) is 36.4 Å². The highest BCUT2D eigenvalue weighted by molar-refractivity contribution is 6.08. The second kappa shape index (κ2) is 9.30. The van der Waals surface area contributed by atoms with Crippen LogP contribution in [0.1, 0.15) is 6.42 Å². The summed E-state index contributed by atoms with van der Waals surface area (Å²) in [5.74, 6) is 0. The lowest BCUT2D eigenvalue weighted by Crippen LogP contribution is -2.16. The van der Waals surface area contributed by atoms with Crippen LogP contribution in [0, 0.1) is 0 Å². The summed E-state index contributed by atoms with van der Waals surface area (Å²) in [6.07, 6.45) is 1.10. The third-order valence-corrected chi connectivity index (χ3v) is 4.86. The summed E-state index contributed by atoms with van der Waals surface area (Å²) in [6.45, 7) is 2.01. The van der Waals surface area contributed by atoms with Crippen LogP contribution >= 0.6 is 12.4 Å². The van der Waals surface area contributed by atoms with Crippen LogP contribution < -0.4 is 15.1 Å². The van der Waals surface area contributed by atoms with Gasteiger partial charge in [0.25, 0.3) is 0 Å². The fraction of sp³-hybridized carbons (Fsp3) is 0.409. The summed E-state index contributed by atoms with van der Waals surface area (Å²) < 4.78 is 0. The predicted octanol–water partition coefficient (Wildman–Crippen LogP) is 4.31. The lowest BCUT2D eigenvalue weighted by atomic mass is 10.1. The van der Waals surface area contributed by atoms with Crippen LogP contribution in [0.2, 0.25) is 0 Å². The van der Waals surface area contributed by atoms with Crippen molar-refractivity contribution in [1.29, 1.82) is 0 Å². The number of rotatable bonds is 7. The Morgan fingerprint density at radius 1 is 0.786 bits per heavy atom. The van der Waals surface area contributed by atoms with Crippen LogP contribution in [0.3, 0.4) is 0 Å². The van der Waals surface area contributed by atoms with Gasteiger partial charge in [0.15, 0.2) is 0 Å². The van der Waals surface area contributed by atoms with Gasteiger partial charge in [0, 0.05) is 56.9 Å². The van der Waals surface area contributed by atoms with Crippen LogP contribution in [-0.2, 0) is 0 Å². The molecule has 28 heavy (non-hydrogen) atoms. The van der Waals surface area contributed by atoms with Crippen molar-refractivity contribution in [3.05, 3.63) is 36.4 Å². The molecule has 0 amide bonds. The highest BCUT2D eigenvalue weighted by Crippen LogP contribution is 2.34. The van der Waals surface area contributed by atoms with E-state index in [1.54, 1.807) is 0 Å². The fourth-order valence-electron chi connectivity index (χ4n) is 3.28. The van der Waals surface area contributed by atoms with Crippen LogP contribution in [-0.4, -0.2) is 65.3 Å². The maximum absolute atomic E-state index is 4.98. The Morgan fingerprint density at radius 2 is 1.29 bits per heavy atom. The highest BCUT2D eigenvalue weighted by Gasteiger charge is 2.11. The highest BCUT2D eigenvalue weighted by atomic mass is 35.5. The molecule has 0 radical (unpaired) electrons. The van der Waals surface area contributed by atoms with E-state index in [9.17, 15) is 0 Å². The van der Waals surface area contributed by atoms with E-state index in [1.165, 1.54) is 16.5 Å². The second-order valence-corrected chi connectivity index (χ2v) is 7.76. The summed E-state index contributed by atoms with van der Waals surface area (Å²) in [6, 6.07) is 13.0. The van der Waals surface area contributed by atoms with Crippen LogP contribution in [0.25, 0.3) is 21.8 Å². The maximum Gasteiger partial charge on any atom is 0.0751 e. The predicted molar refractivity (Wildman–Crippen MR) is 127 cm³/mol. The Balaban J connectivity index is 0.00000280. The first-order chi connectivity index (χ1) is 12.9.